The largest absolute Gasteiger partial charge is 0.489 e. The number of piperazine rings is 1. The first-order valence-corrected chi connectivity index (χ1v) is 12.2. The van der Waals surface area contributed by atoms with Gasteiger partial charge >= 0.3 is 5.69 Å². The number of anilines is 3. The van der Waals surface area contributed by atoms with Gasteiger partial charge in [-0.3, -0.25) is 4.57 Å². The Balaban J connectivity index is 1.47. The maximum absolute atomic E-state index is 12.6. The summed E-state index contributed by atoms with van der Waals surface area (Å²) in [5, 5.41) is 4.10. The normalized spacial score (nSPS) is 17.6. The minimum Gasteiger partial charge on any atom is -0.489 e. The Labute approximate surface area is 199 Å². The maximum atomic E-state index is 12.6. The first kappa shape index (κ1) is 22.6. The lowest BCUT2D eigenvalue weighted by atomic mass is 10.2. The number of hydrogen-bond acceptors (Lipinski definition) is 8. The van der Waals surface area contributed by atoms with Crippen LogP contribution in [0.5, 0.6) is 5.75 Å². The van der Waals surface area contributed by atoms with Crippen molar-refractivity contribution < 1.29 is 4.74 Å². The SMILES string of the molecule is CC(C)Oc1cc(N2CCN(C)CC2)ccc1Nc1ncc2cnc(=O)n(C3CCCC3)c2n1. The average molecular weight is 464 g/mol. The fourth-order valence-electron chi connectivity index (χ4n) is 4.84. The average Bonchev–Trinajstić information content (AvgIpc) is 3.34. The second kappa shape index (κ2) is 9.58. The minimum absolute atomic E-state index is 0.0273. The van der Waals surface area contributed by atoms with Crippen molar-refractivity contribution in [2.75, 3.05) is 43.4 Å². The highest BCUT2D eigenvalue weighted by molar-refractivity contribution is 5.76. The summed E-state index contributed by atoms with van der Waals surface area (Å²) in [5.74, 6) is 1.20. The molecule has 0 amide bonds. The lowest BCUT2D eigenvalue weighted by molar-refractivity contribution is 0.243. The molecule has 0 unspecified atom stereocenters. The van der Waals surface area contributed by atoms with Crippen LogP contribution in [0.2, 0.25) is 0 Å². The molecule has 2 aliphatic rings. The van der Waals surface area contributed by atoms with Gasteiger partial charge in [0.2, 0.25) is 5.95 Å². The molecule has 5 rings (SSSR count). The van der Waals surface area contributed by atoms with Crippen molar-refractivity contribution >= 4 is 28.4 Å². The second-order valence-electron chi connectivity index (χ2n) is 9.58. The number of rotatable bonds is 6. The molecule has 1 N–H and O–H groups in total. The van der Waals surface area contributed by atoms with E-state index >= 15 is 0 Å². The molecule has 0 bridgehead atoms. The van der Waals surface area contributed by atoms with Crippen LogP contribution >= 0.6 is 0 Å². The summed E-state index contributed by atoms with van der Waals surface area (Å²) in [6.07, 6.45) is 7.52. The molecule has 0 spiro atoms. The minimum atomic E-state index is -0.246. The zero-order valence-electron chi connectivity index (χ0n) is 20.2. The van der Waals surface area contributed by atoms with E-state index in [-0.39, 0.29) is 17.8 Å². The van der Waals surface area contributed by atoms with E-state index in [1.165, 1.54) is 0 Å². The quantitative estimate of drug-likeness (QED) is 0.593. The van der Waals surface area contributed by atoms with Crippen LogP contribution in [0.4, 0.5) is 17.3 Å². The Morgan fingerprint density at radius 3 is 2.53 bits per heavy atom. The number of nitrogens with zero attached hydrogens (tertiary/aromatic N) is 6. The van der Waals surface area contributed by atoms with Gasteiger partial charge in [-0.1, -0.05) is 12.8 Å². The van der Waals surface area contributed by atoms with E-state index < -0.39 is 0 Å². The predicted molar refractivity (Wildman–Crippen MR) is 134 cm³/mol. The molecular weight excluding hydrogens is 430 g/mol. The second-order valence-corrected chi connectivity index (χ2v) is 9.58. The van der Waals surface area contributed by atoms with E-state index in [2.05, 4.69) is 44.3 Å². The number of aromatic nitrogens is 4. The van der Waals surface area contributed by atoms with Gasteiger partial charge in [-0.15, -0.1) is 0 Å². The molecule has 0 radical (unpaired) electrons. The molecule has 2 fully saturated rings. The number of hydrogen-bond donors (Lipinski definition) is 1. The molecule has 9 heteroatoms. The van der Waals surface area contributed by atoms with Crippen LogP contribution in [0.15, 0.2) is 35.4 Å². The van der Waals surface area contributed by atoms with Crippen LogP contribution in [0.3, 0.4) is 0 Å². The van der Waals surface area contributed by atoms with E-state index in [0.29, 0.717) is 11.6 Å². The highest BCUT2D eigenvalue weighted by Crippen LogP contribution is 2.34. The highest BCUT2D eigenvalue weighted by Gasteiger charge is 2.22. The standard InChI is InChI=1S/C25H33N7O2/c1-17(2)34-22-14-20(31-12-10-30(3)11-13-31)8-9-21(22)28-24-26-15-18-16-27-25(33)32(23(18)29-24)19-6-4-5-7-19/h8-9,14-17,19H,4-7,10-13H2,1-3H3,(H,26,28,29). The molecule has 1 saturated carbocycles. The van der Waals surface area contributed by atoms with Crippen molar-refractivity contribution in [3.05, 3.63) is 41.1 Å². The summed E-state index contributed by atoms with van der Waals surface area (Å²) >= 11 is 0. The van der Waals surface area contributed by atoms with Gasteiger partial charge in [-0.25, -0.2) is 14.8 Å². The van der Waals surface area contributed by atoms with Crippen molar-refractivity contribution in [1.82, 2.24) is 24.4 Å². The van der Waals surface area contributed by atoms with Crippen LogP contribution in [0.25, 0.3) is 11.0 Å². The van der Waals surface area contributed by atoms with Crippen molar-refractivity contribution in [1.29, 1.82) is 0 Å². The lowest BCUT2D eigenvalue weighted by Crippen LogP contribution is -2.44. The predicted octanol–water partition coefficient (Wildman–Crippen LogP) is 3.58. The maximum Gasteiger partial charge on any atom is 0.349 e. The van der Waals surface area contributed by atoms with Crippen molar-refractivity contribution in [2.45, 2.75) is 51.7 Å². The van der Waals surface area contributed by atoms with Crippen LogP contribution in [0, 0.1) is 0 Å². The smallest absolute Gasteiger partial charge is 0.349 e. The zero-order chi connectivity index (χ0) is 23.7. The molecule has 1 aliphatic carbocycles. The molecule has 180 valence electrons. The summed E-state index contributed by atoms with van der Waals surface area (Å²) in [6.45, 7) is 8.11. The Hall–Kier alpha value is -3.20. The Morgan fingerprint density at radius 1 is 1.06 bits per heavy atom. The van der Waals surface area contributed by atoms with E-state index in [0.717, 1.165) is 74.4 Å². The third kappa shape index (κ3) is 4.70. The molecule has 9 nitrogen and oxygen atoms in total. The highest BCUT2D eigenvalue weighted by atomic mass is 16.5. The van der Waals surface area contributed by atoms with Crippen LogP contribution in [-0.4, -0.2) is 63.7 Å². The first-order chi connectivity index (χ1) is 16.5. The van der Waals surface area contributed by atoms with Gasteiger partial charge in [0.15, 0.2) is 5.65 Å². The number of fused-ring (bicyclic) bond motifs is 1. The first-order valence-electron chi connectivity index (χ1n) is 12.2. The molecule has 1 aromatic carbocycles. The summed E-state index contributed by atoms with van der Waals surface area (Å²) in [5.41, 5.74) is 2.33. The fourth-order valence-corrected chi connectivity index (χ4v) is 4.84. The van der Waals surface area contributed by atoms with Gasteiger partial charge < -0.3 is 19.9 Å². The van der Waals surface area contributed by atoms with Gasteiger partial charge in [0.25, 0.3) is 0 Å². The summed E-state index contributed by atoms with van der Waals surface area (Å²) in [7, 11) is 2.16. The summed E-state index contributed by atoms with van der Waals surface area (Å²) < 4.78 is 7.91. The molecule has 2 aromatic heterocycles. The van der Waals surface area contributed by atoms with Crippen LogP contribution < -0.4 is 20.6 Å². The Bertz CT molecular complexity index is 1210. The number of benzene rings is 1. The van der Waals surface area contributed by atoms with E-state index in [1.54, 1.807) is 17.0 Å². The van der Waals surface area contributed by atoms with E-state index in [1.807, 2.05) is 19.9 Å². The topological polar surface area (TPSA) is 88.4 Å². The van der Waals surface area contributed by atoms with Crippen molar-refractivity contribution in [3.63, 3.8) is 0 Å². The lowest BCUT2D eigenvalue weighted by Gasteiger charge is -2.34. The van der Waals surface area contributed by atoms with Crippen molar-refractivity contribution in [2.24, 2.45) is 0 Å². The molecule has 34 heavy (non-hydrogen) atoms. The molecular formula is C25H33N7O2. The van der Waals surface area contributed by atoms with Gasteiger partial charge in [-0.2, -0.15) is 4.98 Å². The van der Waals surface area contributed by atoms with Crippen LogP contribution in [-0.2, 0) is 0 Å². The van der Waals surface area contributed by atoms with Crippen molar-refractivity contribution in [3.8, 4) is 5.75 Å². The molecule has 0 atom stereocenters. The number of nitrogens with one attached hydrogen (secondary N) is 1. The molecule has 1 saturated heterocycles. The van der Waals surface area contributed by atoms with Gasteiger partial charge in [0.05, 0.1) is 17.2 Å². The van der Waals surface area contributed by atoms with Gasteiger partial charge in [0.1, 0.15) is 5.75 Å². The number of ether oxygens (including phenoxy) is 1. The Morgan fingerprint density at radius 2 is 1.79 bits per heavy atom. The van der Waals surface area contributed by atoms with Crippen LogP contribution in [0.1, 0.15) is 45.6 Å². The molecule has 3 aromatic rings. The molecule has 3 heterocycles. The zero-order valence-corrected chi connectivity index (χ0v) is 20.2. The third-order valence-corrected chi connectivity index (χ3v) is 6.68. The summed E-state index contributed by atoms with van der Waals surface area (Å²) in [6, 6.07) is 6.37. The number of likely N-dealkylation sites (N-methyl/N-ethyl adjacent to an activating group) is 1. The Kier molecular flexibility index (Phi) is 6.36. The van der Waals surface area contributed by atoms with Gasteiger partial charge in [0, 0.05) is 56.4 Å². The monoisotopic (exact) mass is 463 g/mol. The molecule has 1 aliphatic heterocycles. The third-order valence-electron chi connectivity index (χ3n) is 6.68. The fraction of sp³-hybridized carbons (Fsp3) is 0.520. The van der Waals surface area contributed by atoms with E-state index in [4.69, 9.17) is 9.72 Å². The van der Waals surface area contributed by atoms with Gasteiger partial charge in [-0.05, 0) is 45.9 Å². The summed E-state index contributed by atoms with van der Waals surface area (Å²) in [4.78, 5) is 30.6. The van der Waals surface area contributed by atoms with E-state index in [9.17, 15) is 4.79 Å².